The van der Waals surface area contributed by atoms with Crippen molar-refractivity contribution in [2.45, 2.75) is 0 Å². The Morgan fingerprint density at radius 2 is 2.16 bits per heavy atom. The van der Waals surface area contributed by atoms with E-state index < -0.39 is 5.91 Å². The number of carbonyl (C=O) groups is 1. The van der Waals surface area contributed by atoms with Gasteiger partial charge in [-0.25, -0.2) is 4.98 Å². The molecule has 1 amide bonds. The number of morpholine rings is 1. The van der Waals surface area contributed by atoms with Gasteiger partial charge in [-0.1, -0.05) is 6.07 Å². The van der Waals surface area contributed by atoms with E-state index in [4.69, 9.17) is 4.74 Å². The number of pyridine rings is 1. The Balaban J connectivity index is 2.25. The first kappa shape index (κ1) is 16.7. The number of ether oxygens (including phenoxy) is 1. The molecule has 0 saturated carbocycles. The van der Waals surface area contributed by atoms with Crippen molar-refractivity contribution in [3.63, 3.8) is 0 Å². The van der Waals surface area contributed by atoms with Gasteiger partial charge in [-0.05, 0) is 18.2 Å². The second-order valence-electron chi connectivity index (χ2n) is 5.43. The quantitative estimate of drug-likeness (QED) is 0.633. The SMILES string of the molecule is CNC(=O)/C(C#N)=C/c1c(N2CCOCC2)nc2ccccn2c1=O. The summed E-state index contributed by atoms with van der Waals surface area (Å²) in [6.07, 6.45) is 2.91. The van der Waals surface area contributed by atoms with Crippen LogP contribution in [0.4, 0.5) is 5.82 Å². The number of hydrogen-bond acceptors (Lipinski definition) is 6. The molecule has 0 radical (unpaired) electrons. The van der Waals surface area contributed by atoms with E-state index in [2.05, 4.69) is 10.3 Å². The first-order valence-electron chi connectivity index (χ1n) is 7.83. The largest absolute Gasteiger partial charge is 0.378 e. The van der Waals surface area contributed by atoms with E-state index in [9.17, 15) is 14.9 Å². The Morgan fingerprint density at radius 3 is 2.84 bits per heavy atom. The van der Waals surface area contributed by atoms with Crippen LogP contribution in [0.15, 0.2) is 34.8 Å². The molecule has 3 heterocycles. The maximum absolute atomic E-state index is 12.9. The number of aromatic nitrogens is 2. The summed E-state index contributed by atoms with van der Waals surface area (Å²) in [6.45, 7) is 2.22. The van der Waals surface area contributed by atoms with Gasteiger partial charge in [0.05, 0.1) is 18.8 Å². The number of anilines is 1. The molecule has 128 valence electrons. The minimum Gasteiger partial charge on any atom is -0.378 e. The molecule has 25 heavy (non-hydrogen) atoms. The summed E-state index contributed by atoms with van der Waals surface area (Å²) in [5.41, 5.74) is 0.242. The molecular formula is C17H17N5O3. The maximum atomic E-state index is 12.9. The number of likely N-dealkylation sites (N-methyl/N-ethyl adjacent to an activating group) is 1. The van der Waals surface area contributed by atoms with Crippen LogP contribution >= 0.6 is 0 Å². The second kappa shape index (κ2) is 7.15. The number of nitriles is 1. The highest BCUT2D eigenvalue weighted by Crippen LogP contribution is 2.20. The van der Waals surface area contributed by atoms with E-state index in [0.29, 0.717) is 37.8 Å². The first-order valence-corrected chi connectivity index (χ1v) is 7.83. The zero-order valence-corrected chi connectivity index (χ0v) is 13.7. The van der Waals surface area contributed by atoms with Gasteiger partial charge in [-0.15, -0.1) is 0 Å². The number of carbonyl (C=O) groups excluding carboxylic acids is 1. The van der Waals surface area contributed by atoms with E-state index in [1.165, 1.54) is 17.5 Å². The molecule has 1 aliphatic rings. The van der Waals surface area contributed by atoms with Crippen molar-refractivity contribution in [1.82, 2.24) is 14.7 Å². The van der Waals surface area contributed by atoms with Crippen LogP contribution in [-0.4, -0.2) is 48.6 Å². The van der Waals surface area contributed by atoms with Gasteiger partial charge in [0.2, 0.25) is 0 Å². The summed E-state index contributed by atoms with van der Waals surface area (Å²) in [4.78, 5) is 31.3. The number of hydrogen-bond donors (Lipinski definition) is 1. The monoisotopic (exact) mass is 339 g/mol. The predicted molar refractivity (Wildman–Crippen MR) is 92.2 cm³/mol. The van der Waals surface area contributed by atoms with Gasteiger partial charge in [0, 0.05) is 26.3 Å². The fraction of sp³-hybridized carbons (Fsp3) is 0.294. The summed E-state index contributed by atoms with van der Waals surface area (Å²) < 4.78 is 6.75. The lowest BCUT2D eigenvalue weighted by atomic mass is 10.1. The zero-order valence-electron chi connectivity index (χ0n) is 13.7. The standard InChI is InChI=1S/C17H17N5O3/c1-19-16(23)12(11-18)10-13-15(21-6-8-25-9-7-21)20-14-4-2-3-5-22(14)17(13)24/h2-5,10H,6-9H2,1H3,(H,19,23)/b12-10+. The van der Waals surface area contributed by atoms with Crippen molar-refractivity contribution in [3.8, 4) is 6.07 Å². The van der Waals surface area contributed by atoms with E-state index in [0.717, 1.165) is 0 Å². The van der Waals surface area contributed by atoms with E-state index >= 15 is 0 Å². The molecular weight excluding hydrogens is 322 g/mol. The summed E-state index contributed by atoms with van der Waals surface area (Å²) in [5, 5.41) is 11.7. The minimum absolute atomic E-state index is 0.146. The lowest BCUT2D eigenvalue weighted by Crippen LogP contribution is -2.38. The Kier molecular flexibility index (Phi) is 4.77. The van der Waals surface area contributed by atoms with Crippen molar-refractivity contribution >= 4 is 23.4 Å². The van der Waals surface area contributed by atoms with Gasteiger partial charge < -0.3 is 15.0 Å². The van der Waals surface area contributed by atoms with Gasteiger partial charge in [0.1, 0.15) is 23.1 Å². The van der Waals surface area contributed by atoms with E-state index in [1.54, 1.807) is 24.4 Å². The average molecular weight is 339 g/mol. The molecule has 1 fully saturated rings. The number of rotatable bonds is 3. The summed E-state index contributed by atoms with van der Waals surface area (Å²) >= 11 is 0. The third-order valence-electron chi connectivity index (χ3n) is 3.94. The maximum Gasteiger partial charge on any atom is 0.267 e. The van der Waals surface area contributed by atoms with Crippen LogP contribution < -0.4 is 15.8 Å². The second-order valence-corrected chi connectivity index (χ2v) is 5.43. The molecule has 2 aromatic rings. The molecule has 3 rings (SSSR count). The van der Waals surface area contributed by atoms with Crippen LogP contribution in [0.3, 0.4) is 0 Å². The van der Waals surface area contributed by atoms with Gasteiger partial charge in [-0.3, -0.25) is 14.0 Å². The minimum atomic E-state index is -0.548. The third kappa shape index (κ3) is 3.22. The Bertz CT molecular complexity index is 935. The molecule has 1 saturated heterocycles. The smallest absolute Gasteiger partial charge is 0.267 e. The molecule has 8 heteroatoms. The van der Waals surface area contributed by atoms with Crippen LogP contribution in [0.5, 0.6) is 0 Å². The summed E-state index contributed by atoms with van der Waals surface area (Å²) in [6, 6.07) is 7.10. The number of nitrogens with zero attached hydrogens (tertiary/aromatic N) is 4. The molecule has 0 atom stereocenters. The topological polar surface area (TPSA) is 99.7 Å². The first-order chi connectivity index (χ1) is 12.2. The molecule has 2 aromatic heterocycles. The fourth-order valence-electron chi connectivity index (χ4n) is 2.66. The van der Waals surface area contributed by atoms with E-state index in [-0.39, 0.29) is 16.7 Å². The highest BCUT2D eigenvalue weighted by atomic mass is 16.5. The highest BCUT2D eigenvalue weighted by Gasteiger charge is 2.21. The Hall–Kier alpha value is -3.18. The van der Waals surface area contributed by atoms with Gasteiger partial charge >= 0.3 is 0 Å². The molecule has 0 spiro atoms. The Morgan fingerprint density at radius 1 is 1.40 bits per heavy atom. The van der Waals surface area contributed by atoms with Gasteiger partial charge in [0.15, 0.2) is 0 Å². The molecule has 0 aromatic carbocycles. The number of nitrogens with one attached hydrogen (secondary N) is 1. The zero-order chi connectivity index (χ0) is 17.8. The van der Waals surface area contributed by atoms with Crippen molar-refractivity contribution < 1.29 is 9.53 Å². The van der Waals surface area contributed by atoms with Gasteiger partial charge in [-0.2, -0.15) is 5.26 Å². The highest BCUT2D eigenvalue weighted by molar-refractivity contribution is 6.02. The molecule has 1 N–H and O–H groups in total. The summed E-state index contributed by atoms with van der Waals surface area (Å²) in [5.74, 6) is -0.0934. The van der Waals surface area contributed by atoms with Crippen LogP contribution in [0.2, 0.25) is 0 Å². The van der Waals surface area contributed by atoms with E-state index in [1.807, 2.05) is 11.0 Å². The molecule has 0 unspecified atom stereocenters. The lowest BCUT2D eigenvalue weighted by Gasteiger charge is -2.29. The molecule has 0 aliphatic carbocycles. The molecule has 8 nitrogen and oxygen atoms in total. The van der Waals surface area contributed by atoms with Crippen LogP contribution in [0.25, 0.3) is 11.7 Å². The lowest BCUT2D eigenvalue weighted by molar-refractivity contribution is -0.116. The number of fused-ring (bicyclic) bond motifs is 1. The Labute approximate surface area is 144 Å². The van der Waals surface area contributed by atoms with Crippen LogP contribution in [0, 0.1) is 11.3 Å². The van der Waals surface area contributed by atoms with Crippen LogP contribution in [-0.2, 0) is 9.53 Å². The van der Waals surface area contributed by atoms with Gasteiger partial charge in [0.25, 0.3) is 11.5 Å². The third-order valence-corrected chi connectivity index (χ3v) is 3.94. The predicted octanol–water partition coefficient (Wildman–Crippen LogP) is 0.184. The van der Waals surface area contributed by atoms with Crippen molar-refractivity contribution in [1.29, 1.82) is 5.26 Å². The fourth-order valence-corrected chi connectivity index (χ4v) is 2.66. The number of amides is 1. The molecule has 0 bridgehead atoms. The van der Waals surface area contributed by atoms with Crippen molar-refractivity contribution in [2.24, 2.45) is 0 Å². The summed E-state index contributed by atoms with van der Waals surface area (Å²) in [7, 11) is 1.43. The average Bonchev–Trinajstić information content (AvgIpc) is 2.67. The van der Waals surface area contributed by atoms with Crippen molar-refractivity contribution in [3.05, 3.63) is 45.9 Å². The van der Waals surface area contributed by atoms with Crippen molar-refractivity contribution in [2.75, 3.05) is 38.3 Å². The van der Waals surface area contributed by atoms with Crippen LogP contribution in [0.1, 0.15) is 5.56 Å². The normalized spacial score (nSPS) is 15.0. The molecule has 1 aliphatic heterocycles.